The Labute approximate surface area is 116 Å². The van der Waals surface area contributed by atoms with E-state index in [0.717, 1.165) is 30.3 Å². The van der Waals surface area contributed by atoms with Crippen molar-refractivity contribution in [1.29, 1.82) is 0 Å². The Balaban J connectivity index is 1.67. The lowest BCUT2D eigenvalue weighted by atomic mass is 10.2. The highest BCUT2D eigenvalue weighted by atomic mass is 32.1. The molecular formula is C13H16N4OS. The lowest BCUT2D eigenvalue weighted by molar-refractivity contribution is -0.0349. The molecule has 2 aromatic heterocycles. The molecule has 6 heteroatoms. The van der Waals surface area contributed by atoms with Gasteiger partial charge in [-0.3, -0.25) is 4.90 Å². The molecule has 2 aromatic rings. The summed E-state index contributed by atoms with van der Waals surface area (Å²) in [5.41, 5.74) is 6.63. The van der Waals surface area contributed by atoms with E-state index in [1.54, 1.807) is 17.4 Å². The summed E-state index contributed by atoms with van der Waals surface area (Å²) in [5.74, 6) is 0.540. The first kappa shape index (κ1) is 12.5. The Morgan fingerprint density at radius 1 is 1.47 bits per heavy atom. The van der Waals surface area contributed by atoms with Gasteiger partial charge in [-0.2, -0.15) is 0 Å². The summed E-state index contributed by atoms with van der Waals surface area (Å²) in [7, 11) is 0. The number of rotatable bonds is 3. The van der Waals surface area contributed by atoms with E-state index in [0.29, 0.717) is 12.4 Å². The summed E-state index contributed by atoms with van der Waals surface area (Å²) in [6.07, 6.45) is 1.84. The van der Waals surface area contributed by atoms with Crippen LogP contribution in [0.5, 0.6) is 0 Å². The molecule has 3 rings (SSSR count). The zero-order valence-corrected chi connectivity index (χ0v) is 11.3. The summed E-state index contributed by atoms with van der Waals surface area (Å²) in [4.78, 5) is 11.0. The maximum Gasteiger partial charge on any atom is 0.123 e. The lowest BCUT2D eigenvalue weighted by Crippen LogP contribution is -2.38. The van der Waals surface area contributed by atoms with Crippen molar-refractivity contribution in [3.63, 3.8) is 0 Å². The Kier molecular flexibility index (Phi) is 3.72. The number of thiazole rings is 1. The first-order valence-electron chi connectivity index (χ1n) is 6.26. The van der Waals surface area contributed by atoms with Gasteiger partial charge in [0.1, 0.15) is 16.9 Å². The summed E-state index contributed by atoms with van der Waals surface area (Å²) >= 11 is 1.69. The average molecular weight is 276 g/mol. The molecule has 1 atom stereocenters. The van der Waals surface area contributed by atoms with Crippen molar-refractivity contribution in [3.05, 3.63) is 40.5 Å². The topological polar surface area (TPSA) is 64.3 Å². The molecule has 5 nitrogen and oxygen atoms in total. The van der Waals surface area contributed by atoms with Gasteiger partial charge in [0.05, 0.1) is 18.8 Å². The normalized spacial score (nSPS) is 20.5. The number of morpholine rings is 1. The largest absolute Gasteiger partial charge is 0.384 e. The van der Waals surface area contributed by atoms with Crippen LogP contribution in [0.25, 0.3) is 0 Å². The molecule has 1 fully saturated rings. The van der Waals surface area contributed by atoms with E-state index in [9.17, 15) is 0 Å². The van der Waals surface area contributed by atoms with Crippen molar-refractivity contribution >= 4 is 17.2 Å². The van der Waals surface area contributed by atoms with Crippen LogP contribution in [0, 0.1) is 0 Å². The van der Waals surface area contributed by atoms with Gasteiger partial charge < -0.3 is 10.5 Å². The monoisotopic (exact) mass is 276 g/mol. The minimum atomic E-state index is -0.00258. The number of pyridine rings is 1. The highest BCUT2D eigenvalue weighted by Gasteiger charge is 2.23. The van der Waals surface area contributed by atoms with Gasteiger partial charge in [0.15, 0.2) is 0 Å². The zero-order chi connectivity index (χ0) is 13.1. The second kappa shape index (κ2) is 5.64. The molecule has 19 heavy (non-hydrogen) atoms. The van der Waals surface area contributed by atoms with Crippen LogP contribution in [0.2, 0.25) is 0 Å². The van der Waals surface area contributed by atoms with Crippen molar-refractivity contribution in [2.45, 2.75) is 12.6 Å². The van der Waals surface area contributed by atoms with Gasteiger partial charge in [0.25, 0.3) is 0 Å². The summed E-state index contributed by atoms with van der Waals surface area (Å²) in [6, 6.07) is 5.67. The Hall–Kier alpha value is -1.50. The number of hydrogen-bond donors (Lipinski definition) is 1. The van der Waals surface area contributed by atoms with Crippen molar-refractivity contribution in [1.82, 2.24) is 14.9 Å². The van der Waals surface area contributed by atoms with Crippen molar-refractivity contribution in [2.75, 3.05) is 25.4 Å². The molecule has 0 amide bonds. The number of nitrogen functional groups attached to an aromatic ring is 1. The highest BCUT2D eigenvalue weighted by Crippen LogP contribution is 2.22. The van der Waals surface area contributed by atoms with E-state index in [4.69, 9.17) is 10.5 Å². The van der Waals surface area contributed by atoms with Crippen LogP contribution in [0.4, 0.5) is 5.82 Å². The molecule has 0 radical (unpaired) electrons. The molecule has 0 bridgehead atoms. The van der Waals surface area contributed by atoms with Crippen LogP contribution in [0.1, 0.15) is 16.8 Å². The molecule has 0 saturated carbocycles. The van der Waals surface area contributed by atoms with E-state index < -0.39 is 0 Å². The Morgan fingerprint density at radius 2 is 2.42 bits per heavy atom. The Bertz CT molecular complexity index is 531. The van der Waals surface area contributed by atoms with Crippen molar-refractivity contribution in [3.8, 4) is 0 Å². The predicted molar refractivity (Wildman–Crippen MR) is 74.7 cm³/mol. The third-order valence-electron chi connectivity index (χ3n) is 3.11. The molecule has 1 aliphatic heterocycles. The van der Waals surface area contributed by atoms with Crippen LogP contribution in [0.3, 0.4) is 0 Å². The van der Waals surface area contributed by atoms with Crippen LogP contribution in [-0.2, 0) is 11.3 Å². The van der Waals surface area contributed by atoms with E-state index in [2.05, 4.69) is 14.9 Å². The fraction of sp³-hybridized carbons (Fsp3) is 0.385. The second-order valence-electron chi connectivity index (χ2n) is 4.51. The SMILES string of the molecule is Nc1cccc([C@H]2CN(Cc3nccs3)CCO2)n1. The number of nitrogens with zero attached hydrogens (tertiary/aromatic N) is 3. The second-order valence-corrected chi connectivity index (χ2v) is 5.49. The van der Waals surface area contributed by atoms with Gasteiger partial charge in [-0.05, 0) is 12.1 Å². The molecular weight excluding hydrogens is 260 g/mol. The standard InChI is InChI=1S/C13H16N4OS/c14-12-3-1-2-10(16-12)11-8-17(5-6-18-11)9-13-15-4-7-19-13/h1-4,7,11H,5-6,8-9H2,(H2,14,16)/t11-/m1/s1. The van der Waals surface area contributed by atoms with Crippen LogP contribution in [0.15, 0.2) is 29.8 Å². The van der Waals surface area contributed by atoms with E-state index in [-0.39, 0.29) is 6.10 Å². The molecule has 0 unspecified atom stereocenters. The quantitative estimate of drug-likeness (QED) is 0.924. The van der Waals surface area contributed by atoms with Gasteiger partial charge in [-0.1, -0.05) is 6.07 Å². The molecule has 2 N–H and O–H groups in total. The van der Waals surface area contributed by atoms with Gasteiger partial charge in [0.2, 0.25) is 0 Å². The smallest absolute Gasteiger partial charge is 0.123 e. The lowest BCUT2D eigenvalue weighted by Gasteiger charge is -2.32. The molecule has 1 saturated heterocycles. The van der Waals surface area contributed by atoms with Gasteiger partial charge >= 0.3 is 0 Å². The Morgan fingerprint density at radius 3 is 3.21 bits per heavy atom. The van der Waals surface area contributed by atoms with Crippen LogP contribution in [-0.4, -0.2) is 34.6 Å². The molecule has 0 spiro atoms. The number of aromatic nitrogens is 2. The molecule has 1 aliphatic rings. The van der Waals surface area contributed by atoms with Crippen LogP contribution >= 0.6 is 11.3 Å². The molecule has 0 aromatic carbocycles. The van der Waals surface area contributed by atoms with E-state index in [1.165, 1.54) is 0 Å². The molecule has 100 valence electrons. The van der Waals surface area contributed by atoms with Crippen molar-refractivity contribution < 1.29 is 4.74 Å². The highest BCUT2D eigenvalue weighted by molar-refractivity contribution is 7.09. The number of hydrogen-bond acceptors (Lipinski definition) is 6. The fourth-order valence-corrected chi connectivity index (χ4v) is 2.85. The maximum absolute atomic E-state index is 5.79. The molecule has 0 aliphatic carbocycles. The van der Waals surface area contributed by atoms with Gasteiger partial charge in [-0.25, -0.2) is 9.97 Å². The third-order valence-corrected chi connectivity index (χ3v) is 3.88. The number of anilines is 1. The minimum Gasteiger partial charge on any atom is -0.384 e. The van der Waals surface area contributed by atoms with Gasteiger partial charge in [0, 0.05) is 24.7 Å². The van der Waals surface area contributed by atoms with Crippen molar-refractivity contribution in [2.24, 2.45) is 0 Å². The average Bonchev–Trinajstić information content (AvgIpc) is 2.92. The number of ether oxygens (including phenoxy) is 1. The molecule has 3 heterocycles. The number of nitrogens with two attached hydrogens (primary N) is 1. The third kappa shape index (κ3) is 3.09. The summed E-state index contributed by atoms with van der Waals surface area (Å²) in [5, 5.41) is 3.15. The van der Waals surface area contributed by atoms with Crippen LogP contribution < -0.4 is 5.73 Å². The summed E-state index contributed by atoms with van der Waals surface area (Å²) in [6.45, 7) is 3.35. The summed E-state index contributed by atoms with van der Waals surface area (Å²) < 4.78 is 5.79. The van der Waals surface area contributed by atoms with E-state index >= 15 is 0 Å². The minimum absolute atomic E-state index is 0.00258. The maximum atomic E-state index is 5.79. The fourth-order valence-electron chi connectivity index (χ4n) is 2.20. The van der Waals surface area contributed by atoms with Gasteiger partial charge in [-0.15, -0.1) is 11.3 Å². The predicted octanol–water partition coefficient (Wildman–Crippen LogP) is 1.69. The first-order valence-corrected chi connectivity index (χ1v) is 7.14. The van der Waals surface area contributed by atoms with E-state index in [1.807, 2.05) is 23.7 Å². The first-order chi connectivity index (χ1) is 9.31. The zero-order valence-electron chi connectivity index (χ0n) is 10.5.